The number of fused-ring (bicyclic) bond motifs is 2. The number of aliphatic carboxylic acids is 1. The Morgan fingerprint density at radius 1 is 0.756 bits per heavy atom. The van der Waals surface area contributed by atoms with Gasteiger partial charge in [0.15, 0.2) is 6.23 Å². The fourth-order valence-corrected chi connectivity index (χ4v) is 10.3. The number of rotatable bonds is 24. The molecule has 3 aliphatic rings. The van der Waals surface area contributed by atoms with Gasteiger partial charge in [0.2, 0.25) is 47.3 Å². The molecule has 3 saturated heterocycles. The van der Waals surface area contributed by atoms with Gasteiger partial charge >= 0.3 is 18.3 Å². The van der Waals surface area contributed by atoms with Crippen LogP contribution in [0.15, 0.2) is 24.3 Å². The molecule has 30 nitrogen and oxygen atoms in total. The normalized spacial score (nSPS) is 26.1. The van der Waals surface area contributed by atoms with Crippen LogP contribution in [-0.4, -0.2) is 246 Å². The summed E-state index contributed by atoms with van der Waals surface area (Å²) >= 11 is 0. The lowest BCUT2D eigenvalue weighted by atomic mass is 9.91. The first-order chi connectivity index (χ1) is 42.1. The molecule has 510 valence electrons. The number of halogens is 3. The maximum Gasteiger partial charge on any atom is 0.513 e. The highest BCUT2D eigenvalue weighted by atomic mass is 19.4. The molecule has 0 radical (unpaired) electrons. The number of nitrogens with zero attached hydrogens (tertiary/aromatic N) is 3. The number of carbonyl (C=O) groups is 10. The van der Waals surface area contributed by atoms with Crippen molar-refractivity contribution in [1.82, 2.24) is 41.3 Å². The summed E-state index contributed by atoms with van der Waals surface area (Å²) in [5, 5.41) is 109. The van der Waals surface area contributed by atoms with Gasteiger partial charge in [-0.3, -0.25) is 38.4 Å². The quantitative estimate of drug-likeness (QED) is 0.0293. The maximum absolute atomic E-state index is 14.6. The number of unbranched alkanes of at least 4 members (excludes halogenated alkanes) is 5. The molecule has 3 fully saturated rings. The third-order valence-electron chi connectivity index (χ3n) is 15.5. The van der Waals surface area contributed by atoms with E-state index < -0.39 is 183 Å². The molecule has 90 heavy (non-hydrogen) atoms. The van der Waals surface area contributed by atoms with Gasteiger partial charge in [0.05, 0.1) is 30.8 Å². The predicted octanol–water partition coefficient (Wildman–Crippen LogP) is -2.34. The summed E-state index contributed by atoms with van der Waals surface area (Å²) in [5.74, 6) is -11.3. The number of nitrogens with two attached hydrogens (primary N) is 1. The van der Waals surface area contributed by atoms with E-state index in [9.17, 15) is 97.2 Å². The number of primary amides is 1. The molecule has 0 aromatic heterocycles. The number of carboxylic acid groups (broad SMARTS) is 1. The van der Waals surface area contributed by atoms with E-state index in [1.165, 1.54) is 30.7 Å². The Labute approximate surface area is 518 Å². The first kappa shape index (κ1) is 77.4. The second kappa shape index (κ2) is 36.9. The molecule has 1 aromatic rings. The molecule has 0 spiro atoms. The highest BCUT2D eigenvalue weighted by Crippen LogP contribution is 2.27. The van der Waals surface area contributed by atoms with Gasteiger partial charge in [-0.1, -0.05) is 77.8 Å². The number of nitrogens with one attached hydrogen (secondary N) is 5. The third-order valence-corrected chi connectivity index (χ3v) is 15.5. The van der Waals surface area contributed by atoms with Crippen molar-refractivity contribution < 1.29 is 117 Å². The SMILES string of the molecule is CCC(C)CC(C)CCCCCCCCC(=O)N[C@H]1C[C@@H](O)[C@@H](O)NC(=O)[C@@H]2[C@@H](O)CCN2C(=O)[C@H]([C@@H](O)CC(N)=O)NC(=O)[C@H]([C@H](O)[C@@H](O)c2ccc(OC(=O)OCCN(C)C)cc2)NC(=O)[C@@H]2C[C@@H](O)CN2C(=O)[C@H]([C@H](C)O)NC1=O.O=C(O)C(F)(F)F. The number of hydrogen-bond acceptors (Lipinski definition) is 21. The molecule has 0 aliphatic carbocycles. The van der Waals surface area contributed by atoms with E-state index in [0.717, 1.165) is 50.3 Å². The molecule has 16 N–H and O–H groups in total. The number of benzene rings is 1. The number of carbonyl (C=O) groups excluding carboxylic acids is 9. The van der Waals surface area contributed by atoms with Crippen molar-refractivity contribution in [3.8, 4) is 5.75 Å². The zero-order valence-electron chi connectivity index (χ0n) is 51.3. The summed E-state index contributed by atoms with van der Waals surface area (Å²) in [5.41, 5.74) is 5.20. The van der Waals surface area contributed by atoms with E-state index >= 15 is 0 Å². The van der Waals surface area contributed by atoms with E-state index in [1.807, 2.05) is 0 Å². The lowest BCUT2D eigenvalue weighted by molar-refractivity contribution is -0.192. The van der Waals surface area contributed by atoms with Crippen LogP contribution in [-0.2, 0) is 47.9 Å². The van der Waals surface area contributed by atoms with Gasteiger partial charge in [0.1, 0.15) is 66.9 Å². The number of alkyl halides is 3. The predicted molar refractivity (Wildman–Crippen MR) is 308 cm³/mol. The largest absolute Gasteiger partial charge is 0.513 e. The molecule has 8 amide bonds. The molecule has 3 heterocycles. The Balaban J connectivity index is 0.00000284. The Hall–Kier alpha value is -6.85. The second-order valence-corrected chi connectivity index (χ2v) is 23.4. The number of ether oxygens (including phenoxy) is 2. The van der Waals surface area contributed by atoms with Crippen LogP contribution < -0.4 is 37.1 Å². The van der Waals surface area contributed by atoms with Gasteiger partial charge in [-0.05, 0) is 69.8 Å². The van der Waals surface area contributed by atoms with Crippen LogP contribution >= 0.6 is 0 Å². The van der Waals surface area contributed by atoms with Gasteiger partial charge in [-0.15, -0.1) is 0 Å². The number of aliphatic hydroxyl groups is 8. The third kappa shape index (κ3) is 24.7. The van der Waals surface area contributed by atoms with Crippen LogP contribution in [0.3, 0.4) is 0 Å². The van der Waals surface area contributed by atoms with E-state index in [1.54, 1.807) is 19.0 Å². The highest BCUT2D eigenvalue weighted by Gasteiger charge is 2.49. The Morgan fingerprint density at radius 3 is 1.91 bits per heavy atom. The summed E-state index contributed by atoms with van der Waals surface area (Å²) < 4.78 is 41.9. The minimum Gasteiger partial charge on any atom is -0.475 e. The minimum atomic E-state index is -5.08. The molecular formula is C57H90F3N9O21. The van der Waals surface area contributed by atoms with Crippen LogP contribution in [0.1, 0.15) is 129 Å². The molecule has 1 aromatic carbocycles. The van der Waals surface area contributed by atoms with Crippen LogP contribution in [0.2, 0.25) is 0 Å². The van der Waals surface area contributed by atoms with Crippen molar-refractivity contribution in [2.45, 2.75) is 209 Å². The standard InChI is InChI=1S/C55H89N9O19.C2HF3O2/c1-7-29(2)24-30(3)14-12-10-8-9-11-13-15-41(71)57-35-26-39(69)50(76)61-52(78)45-37(67)20-21-63(45)54(80)43(38(68)27-40(56)70)59-51(77)44(47(73)46(72)32-16-18-34(19-17-32)83-55(81)82-23-22-62(5)6)60-49(75)36-25-33(66)28-64(36)53(79)42(31(4)65)58-48(35)74;3-2(4,5)1(6)7/h16-19,29-31,33,35-39,42-47,50,65-69,72-73,76H,7-15,20-28H2,1-6H3,(H2,56,70)(H,57,71)(H,58,74)(H,59,77)(H,60,75)(H,61,78);(H,6,7)/t29?,30?,31-,33+,35-,36-,37-,38-,39+,42-,43-,44-,45-,46-,47-,50+;/m0./s1. The molecule has 2 unspecified atom stereocenters. The fraction of sp³-hybridized carbons (Fsp3) is 0.719. The lowest BCUT2D eigenvalue weighted by Gasteiger charge is -2.34. The zero-order valence-corrected chi connectivity index (χ0v) is 51.3. The molecule has 0 bridgehead atoms. The Morgan fingerprint density at radius 2 is 1.33 bits per heavy atom. The molecular weight excluding hydrogens is 1200 g/mol. The fourth-order valence-electron chi connectivity index (χ4n) is 10.3. The summed E-state index contributed by atoms with van der Waals surface area (Å²) in [6, 6.07) is -7.43. The summed E-state index contributed by atoms with van der Waals surface area (Å²) in [6.45, 7) is 7.08. The summed E-state index contributed by atoms with van der Waals surface area (Å²) in [7, 11) is 3.51. The molecule has 16 atom stereocenters. The van der Waals surface area contributed by atoms with Crippen molar-refractivity contribution in [3.05, 3.63) is 29.8 Å². The van der Waals surface area contributed by atoms with E-state index in [-0.39, 0.29) is 30.8 Å². The van der Waals surface area contributed by atoms with E-state index in [4.69, 9.17) is 25.1 Å². The number of aliphatic hydroxyl groups excluding tert-OH is 8. The van der Waals surface area contributed by atoms with Gasteiger partial charge in [-0.2, -0.15) is 13.2 Å². The summed E-state index contributed by atoms with van der Waals surface area (Å²) in [6.07, 6.45) is -16.8. The van der Waals surface area contributed by atoms with Crippen LogP contribution in [0.5, 0.6) is 5.75 Å². The average molecular weight is 1290 g/mol. The van der Waals surface area contributed by atoms with Crippen LogP contribution in [0, 0.1) is 11.8 Å². The van der Waals surface area contributed by atoms with Crippen molar-refractivity contribution in [1.29, 1.82) is 0 Å². The topological polar surface area (TPSA) is 467 Å². The molecule has 3 aliphatic heterocycles. The lowest BCUT2D eigenvalue weighted by Crippen LogP contribution is -2.64. The first-order valence-corrected chi connectivity index (χ1v) is 29.8. The Kier molecular flexibility index (Phi) is 31.7. The van der Waals surface area contributed by atoms with Gasteiger partial charge in [-0.25, -0.2) is 9.59 Å². The smallest absolute Gasteiger partial charge is 0.475 e. The van der Waals surface area contributed by atoms with E-state index in [2.05, 4.69) is 47.4 Å². The average Bonchev–Trinajstić information content (AvgIpc) is 1.58. The van der Waals surface area contributed by atoms with Crippen molar-refractivity contribution in [3.63, 3.8) is 0 Å². The van der Waals surface area contributed by atoms with Crippen molar-refractivity contribution in [2.75, 3.05) is 40.3 Å². The van der Waals surface area contributed by atoms with Crippen LogP contribution in [0.25, 0.3) is 0 Å². The maximum atomic E-state index is 14.6. The summed E-state index contributed by atoms with van der Waals surface area (Å²) in [4.78, 5) is 136. The second-order valence-electron chi connectivity index (χ2n) is 23.4. The van der Waals surface area contributed by atoms with Crippen LogP contribution in [0.4, 0.5) is 18.0 Å². The highest BCUT2D eigenvalue weighted by molar-refractivity contribution is 5.98. The van der Waals surface area contributed by atoms with E-state index in [0.29, 0.717) is 36.1 Å². The number of likely N-dealkylation sites (N-methyl/N-ethyl adjacent to an activating group) is 1. The Bertz CT molecular complexity index is 2550. The first-order valence-electron chi connectivity index (χ1n) is 29.8. The molecule has 33 heteroatoms. The number of amides is 8. The molecule has 0 saturated carbocycles. The van der Waals surface area contributed by atoms with Crippen molar-refractivity contribution >= 4 is 59.4 Å². The van der Waals surface area contributed by atoms with Gasteiger partial charge in [0, 0.05) is 38.9 Å². The minimum absolute atomic E-state index is 0.00914. The number of carboxylic acids is 1. The monoisotopic (exact) mass is 1290 g/mol. The molecule has 4 rings (SSSR count). The zero-order chi connectivity index (χ0) is 67.9. The number of hydrogen-bond donors (Lipinski definition) is 15. The van der Waals surface area contributed by atoms with Crippen molar-refractivity contribution in [2.24, 2.45) is 17.6 Å². The van der Waals surface area contributed by atoms with Gasteiger partial charge < -0.3 is 102 Å². The van der Waals surface area contributed by atoms with Gasteiger partial charge in [0.25, 0.3) is 0 Å².